The van der Waals surface area contributed by atoms with E-state index in [0.29, 0.717) is 11.3 Å². The second-order valence-corrected chi connectivity index (χ2v) is 6.58. The quantitative estimate of drug-likeness (QED) is 0.888. The molecular formula is C19H23NO2. The minimum absolute atomic E-state index is 0.0752. The second-order valence-electron chi connectivity index (χ2n) is 6.58. The van der Waals surface area contributed by atoms with Crippen LogP contribution in [-0.2, 0) is 5.41 Å². The molecule has 1 unspecified atom stereocenters. The summed E-state index contributed by atoms with van der Waals surface area (Å²) in [4.78, 5) is 12.2. The number of rotatable bonds is 3. The van der Waals surface area contributed by atoms with Crippen molar-refractivity contribution in [2.24, 2.45) is 0 Å². The molecule has 0 aromatic heterocycles. The number of hydrogen-bond donors (Lipinski definition) is 2. The van der Waals surface area contributed by atoms with Gasteiger partial charge in [-0.05, 0) is 47.7 Å². The van der Waals surface area contributed by atoms with Gasteiger partial charge in [-0.3, -0.25) is 4.79 Å². The Morgan fingerprint density at radius 3 is 2.00 bits per heavy atom. The van der Waals surface area contributed by atoms with E-state index in [1.54, 1.807) is 19.1 Å². The minimum Gasteiger partial charge on any atom is -0.389 e. The highest BCUT2D eigenvalue weighted by molar-refractivity contribution is 6.04. The first-order valence-corrected chi connectivity index (χ1v) is 7.47. The van der Waals surface area contributed by atoms with E-state index in [1.165, 1.54) is 5.56 Å². The number of aliphatic hydroxyl groups excluding tert-OH is 1. The lowest BCUT2D eigenvalue weighted by Gasteiger charge is -2.19. The third-order valence-electron chi connectivity index (χ3n) is 3.66. The molecule has 2 aromatic carbocycles. The number of carbonyl (C=O) groups is 1. The monoisotopic (exact) mass is 297 g/mol. The summed E-state index contributed by atoms with van der Waals surface area (Å²) < 4.78 is 0. The van der Waals surface area contributed by atoms with Crippen molar-refractivity contribution in [3.63, 3.8) is 0 Å². The Balaban J connectivity index is 2.09. The zero-order valence-electron chi connectivity index (χ0n) is 13.6. The molecule has 22 heavy (non-hydrogen) atoms. The lowest BCUT2D eigenvalue weighted by atomic mass is 9.87. The highest BCUT2D eigenvalue weighted by Gasteiger charge is 2.14. The van der Waals surface area contributed by atoms with Crippen LogP contribution in [0, 0.1) is 0 Å². The Kier molecular flexibility index (Phi) is 4.67. The van der Waals surface area contributed by atoms with E-state index in [-0.39, 0.29) is 11.3 Å². The molecule has 0 fully saturated rings. The molecule has 2 aromatic rings. The SMILES string of the molecule is CC(O)c1ccc(NC(=O)c2ccc(C(C)(C)C)cc2)cc1. The van der Waals surface area contributed by atoms with Crippen LogP contribution in [0.3, 0.4) is 0 Å². The summed E-state index contributed by atoms with van der Waals surface area (Å²) in [6.07, 6.45) is -0.505. The molecular weight excluding hydrogens is 274 g/mol. The zero-order chi connectivity index (χ0) is 16.3. The van der Waals surface area contributed by atoms with Crippen molar-refractivity contribution in [3.05, 3.63) is 65.2 Å². The number of benzene rings is 2. The topological polar surface area (TPSA) is 49.3 Å². The molecule has 0 heterocycles. The molecule has 1 amide bonds. The number of amides is 1. The van der Waals surface area contributed by atoms with E-state index in [2.05, 4.69) is 26.1 Å². The standard InChI is InChI=1S/C19H23NO2/c1-13(21)14-7-11-17(12-8-14)20-18(22)15-5-9-16(10-6-15)19(2,3)4/h5-13,21H,1-4H3,(H,20,22). The van der Waals surface area contributed by atoms with Crippen molar-refractivity contribution in [3.8, 4) is 0 Å². The Labute approximate surface area is 132 Å². The Hall–Kier alpha value is -2.13. The summed E-state index contributed by atoms with van der Waals surface area (Å²) in [7, 11) is 0. The van der Waals surface area contributed by atoms with Crippen LogP contribution in [0.1, 0.15) is 55.3 Å². The normalized spacial score (nSPS) is 12.8. The fraction of sp³-hybridized carbons (Fsp3) is 0.316. The first-order chi connectivity index (χ1) is 10.3. The highest BCUT2D eigenvalue weighted by Crippen LogP contribution is 2.22. The van der Waals surface area contributed by atoms with E-state index in [9.17, 15) is 9.90 Å². The Morgan fingerprint density at radius 2 is 1.55 bits per heavy atom. The van der Waals surface area contributed by atoms with E-state index in [0.717, 1.165) is 5.56 Å². The van der Waals surface area contributed by atoms with Crippen molar-refractivity contribution >= 4 is 11.6 Å². The molecule has 3 nitrogen and oxygen atoms in total. The van der Waals surface area contributed by atoms with Crippen LogP contribution in [0.5, 0.6) is 0 Å². The van der Waals surface area contributed by atoms with Crippen LogP contribution >= 0.6 is 0 Å². The number of hydrogen-bond acceptors (Lipinski definition) is 2. The maximum absolute atomic E-state index is 12.2. The number of carbonyl (C=O) groups excluding carboxylic acids is 1. The number of nitrogens with one attached hydrogen (secondary N) is 1. The average molecular weight is 297 g/mol. The summed E-state index contributed by atoms with van der Waals surface area (Å²) in [5.74, 6) is -0.134. The van der Waals surface area contributed by atoms with Gasteiger partial charge in [0.2, 0.25) is 0 Å². The molecule has 0 radical (unpaired) electrons. The van der Waals surface area contributed by atoms with Gasteiger partial charge in [-0.2, -0.15) is 0 Å². The van der Waals surface area contributed by atoms with E-state index in [4.69, 9.17) is 0 Å². The molecule has 2 rings (SSSR count). The molecule has 2 N–H and O–H groups in total. The molecule has 0 spiro atoms. The third kappa shape index (κ3) is 3.95. The largest absolute Gasteiger partial charge is 0.389 e. The van der Waals surface area contributed by atoms with Gasteiger partial charge in [-0.15, -0.1) is 0 Å². The van der Waals surface area contributed by atoms with Crippen LogP contribution in [-0.4, -0.2) is 11.0 Å². The molecule has 0 aliphatic carbocycles. The first kappa shape index (κ1) is 16.2. The van der Waals surface area contributed by atoms with E-state index < -0.39 is 6.10 Å². The summed E-state index contributed by atoms with van der Waals surface area (Å²) in [6.45, 7) is 8.15. The van der Waals surface area contributed by atoms with Crippen molar-refractivity contribution in [2.45, 2.75) is 39.2 Å². The summed E-state index contributed by atoms with van der Waals surface area (Å²) in [6, 6.07) is 14.9. The predicted molar refractivity (Wildman–Crippen MR) is 90.2 cm³/mol. The maximum Gasteiger partial charge on any atom is 0.255 e. The fourth-order valence-corrected chi connectivity index (χ4v) is 2.17. The van der Waals surface area contributed by atoms with Crippen LogP contribution in [0.15, 0.2) is 48.5 Å². The van der Waals surface area contributed by atoms with Crippen molar-refractivity contribution in [1.29, 1.82) is 0 Å². The van der Waals surface area contributed by atoms with Crippen molar-refractivity contribution in [1.82, 2.24) is 0 Å². The molecule has 0 saturated carbocycles. The van der Waals surface area contributed by atoms with Gasteiger partial charge in [-0.25, -0.2) is 0 Å². The van der Waals surface area contributed by atoms with Gasteiger partial charge in [0, 0.05) is 11.3 Å². The molecule has 0 bridgehead atoms. The predicted octanol–water partition coefficient (Wildman–Crippen LogP) is 4.29. The van der Waals surface area contributed by atoms with Gasteiger partial charge >= 0.3 is 0 Å². The maximum atomic E-state index is 12.2. The summed E-state index contributed by atoms with van der Waals surface area (Å²) in [5.41, 5.74) is 3.45. The summed E-state index contributed by atoms with van der Waals surface area (Å²) in [5, 5.41) is 12.3. The van der Waals surface area contributed by atoms with Gasteiger partial charge in [-0.1, -0.05) is 45.0 Å². The molecule has 0 aliphatic heterocycles. The van der Waals surface area contributed by atoms with E-state index >= 15 is 0 Å². The van der Waals surface area contributed by atoms with Crippen molar-refractivity contribution in [2.75, 3.05) is 5.32 Å². The lowest BCUT2D eigenvalue weighted by molar-refractivity contribution is 0.102. The van der Waals surface area contributed by atoms with E-state index in [1.807, 2.05) is 36.4 Å². The Morgan fingerprint density at radius 1 is 1.00 bits per heavy atom. The lowest BCUT2D eigenvalue weighted by Crippen LogP contribution is -2.14. The van der Waals surface area contributed by atoms with Gasteiger partial charge in [0.25, 0.3) is 5.91 Å². The van der Waals surface area contributed by atoms with Crippen LogP contribution in [0.2, 0.25) is 0 Å². The van der Waals surface area contributed by atoms with Gasteiger partial charge in [0.05, 0.1) is 6.10 Å². The Bertz CT molecular complexity index is 635. The van der Waals surface area contributed by atoms with Gasteiger partial charge < -0.3 is 10.4 Å². The minimum atomic E-state index is -0.505. The smallest absolute Gasteiger partial charge is 0.255 e. The third-order valence-corrected chi connectivity index (χ3v) is 3.66. The van der Waals surface area contributed by atoms with Gasteiger partial charge in [0.1, 0.15) is 0 Å². The first-order valence-electron chi connectivity index (χ1n) is 7.47. The van der Waals surface area contributed by atoms with Gasteiger partial charge in [0.15, 0.2) is 0 Å². The summed E-state index contributed by atoms with van der Waals surface area (Å²) >= 11 is 0. The van der Waals surface area contributed by atoms with Crippen LogP contribution in [0.25, 0.3) is 0 Å². The zero-order valence-corrected chi connectivity index (χ0v) is 13.6. The molecule has 116 valence electrons. The number of aliphatic hydroxyl groups is 1. The van der Waals surface area contributed by atoms with Crippen LogP contribution < -0.4 is 5.32 Å². The highest BCUT2D eigenvalue weighted by atomic mass is 16.3. The fourth-order valence-electron chi connectivity index (χ4n) is 2.17. The molecule has 0 saturated heterocycles. The second kappa shape index (κ2) is 6.32. The number of anilines is 1. The molecule has 1 atom stereocenters. The van der Waals surface area contributed by atoms with Crippen LogP contribution in [0.4, 0.5) is 5.69 Å². The average Bonchev–Trinajstić information content (AvgIpc) is 2.47. The molecule has 0 aliphatic rings. The molecule has 3 heteroatoms. The van der Waals surface area contributed by atoms with Crippen molar-refractivity contribution < 1.29 is 9.90 Å².